The number of ether oxygens (including phenoxy) is 1. The van der Waals surface area contributed by atoms with Crippen LogP contribution in [0.3, 0.4) is 0 Å². The molecule has 2 amide bonds. The van der Waals surface area contributed by atoms with E-state index in [0.717, 1.165) is 22.4 Å². The molecular formula is C22H23N3O4. The van der Waals surface area contributed by atoms with Crippen molar-refractivity contribution < 1.29 is 19.1 Å². The van der Waals surface area contributed by atoms with Crippen LogP contribution in [0.15, 0.2) is 47.6 Å². The summed E-state index contributed by atoms with van der Waals surface area (Å²) in [5.41, 5.74) is 6.72. The summed E-state index contributed by atoms with van der Waals surface area (Å²) in [5.74, 6) is -1.24. The fourth-order valence-corrected chi connectivity index (χ4v) is 3.11. The van der Waals surface area contributed by atoms with E-state index in [1.54, 1.807) is 29.2 Å². The Kier molecular flexibility index (Phi) is 6.07. The van der Waals surface area contributed by atoms with Crippen LogP contribution in [-0.4, -0.2) is 37.7 Å². The van der Waals surface area contributed by atoms with Crippen molar-refractivity contribution in [2.45, 2.75) is 20.3 Å². The maximum Gasteiger partial charge on any atom is 0.337 e. The molecule has 0 bridgehead atoms. The van der Waals surface area contributed by atoms with Crippen LogP contribution in [0.2, 0.25) is 0 Å². The number of hydrogen-bond acceptors (Lipinski definition) is 5. The fraction of sp³-hybridized carbons (Fsp3) is 0.273. The quantitative estimate of drug-likeness (QED) is 0.480. The van der Waals surface area contributed by atoms with Crippen LogP contribution in [0.4, 0.5) is 5.69 Å². The summed E-state index contributed by atoms with van der Waals surface area (Å²) >= 11 is 0. The number of amides is 2. The molecule has 1 atom stereocenters. The molecule has 1 aliphatic rings. The molecular weight excluding hydrogens is 370 g/mol. The first-order valence-electron chi connectivity index (χ1n) is 9.28. The minimum absolute atomic E-state index is 0.0734. The van der Waals surface area contributed by atoms with Gasteiger partial charge in [-0.25, -0.2) is 10.2 Å². The van der Waals surface area contributed by atoms with Gasteiger partial charge in [0, 0.05) is 18.7 Å². The molecule has 0 spiro atoms. The number of hydrogen-bond donors (Lipinski definition) is 1. The van der Waals surface area contributed by atoms with Gasteiger partial charge in [0.2, 0.25) is 11.8 Å². The predicted octanol–water partition coefficient (Wildman–Crippen LogP) is 2.59. The largest absolute Gasteiger partial charge is 0.465 e. The molecule has 150 valence electrons. The minimum atomic E-state index is -0.456. The van der Waals surface area contributed by atoms with Gasteiger partial charge >= 0.3 is 5.97 Å². The van der Waals surface area contributed by atoms with E-state index in [4.69, 9.17) is 0 Å². The summed E-state index contributed by atoms with van der Waals surface area (Å²) in [4.78, 5) is 37.8. The van der Waals surface area contributed by atoms with Crippen molar-refractivity contribution in [3.63, 3.8) is 0 Å². The highest BCUT2D eigenvalue weighted by molar-refractivity contribution is 6.00. The van der Waals surface area contributed by atoms with Crippen molar-refractivity contribution in [2.75, 3.05) is 18.6 Å². The third-order valence-corrected chi connectivity index (χ3v) is 5.02. The molecule has 2 aromatic carbocycles. The van der Waals surface area contributed by atoms with Crippen molar-refractivity contribution in [2.24, 2.45) is 11.0 Å². The molecule has 0 saturated carbocycles. The smallest absolute Gasteiger partial charge is 0.337 e. The molecule has 29 heavy (non-hydrogen) atoms. The summed E-state index contributed by atoms with van der Waals surface area (Å²) < 4.78 is 4.65. The Hall–Kier alpha value is -3.48. The highest BCUT2D eigenvalue weighted by atomic mass is 16.5. The van der Waals surface area contributed by atoms with Gasteiger partial charge in [0.25, 0.3) is 0 Å². The molecule has 0 aromatic heterocycles. The zero-order valence-electron chi connectivity index (χ0n) is 16.6. The Morgan fingerprint density at radius 1 is 1.14 bits per heavy atom. The molecule has 1 N–H and O–H groups in total. The van der Waals surface area contributed by atoms with Gasteiger partial charge in [0.15, 0.2) is 0 Å². The van der Waals surface area contributed by atoms with Crippen LogP contribution >= 0.6 is 0 Å². The molecule has 3 rings (SSSR count). The van der Waals surface area contributed by atoms with E-state index >= 15 is 0 Å². The molecule has 1 aliphatic heterocycles. The Morgan fingerprint density at radius 3 is 2.52 bits per heavy atom. The van der Waals surface area contributed by atoms with Crippen molar-refractivity contribution in [3.8, 4) is 0 Å². The van der Waals surface area contributed by atoms with Gasteiger partial charge in [-0.15, -0.1) is 0 Å². The topological polar surface area (TPSA) is 88.1 Å². The number of carbonyl (C=O) groups is 3. The highest BCUT2D eigenvalue weighted by Crippen LogP contribution is 2.26. The number of rotatable bonds is 5. The van der Waals surface area contributed by atoms with E-state index < -0.39 is 11.9 Å². The molecule has 1 saturated heterocycles. The summed E-state index contributed by atoms with van der Waals surface area (Å²) in [6, 6.07) is 12.5. The number of methoxy groups -OCH3 is 1. The molecule has 0 unspecified atom stereocenters. The monoisotopic (exact) mass is 393 g/mol. The molecule has 1 heterocycles. The molecule has 7 nitrogen and oxygen atoms in total. The molecule has 2 aromatic rings. The van der Waals surface area contributed by atoms with Crippen molar-refractivity contribution in [3.05, 3.63) is 64.7 Å². The minimum Gasteiger partial charge on any atom is -0.465 e. The van der Waals surface area contributed by atoms with Gasteiger partial charge in [-0.05, 0) is 54.8 Å². The van der Waals surface area contributed by atoms with Gasteiger partial charge < -0.3 is 9.64 Å². The zero-order valence-corrected chi connectivity index (χ0v) is 16.6. The number of nitrogens with one attached hydrogen (secondary N) is 1. The van der Waals surface area contributed by atoms with E-state index in [9.17, 15) is 14.4 Å². The summed E-state index contributed by atoms with van der Waals surface area (Å²) in [5, 5.41) is 3.96. The second-order valence-electron chi connectivity index (χ2n) is 7.02. The normalized spacial score (nSPS) is 16.3. The number of hydrazone groups is 1. The third-order valence-electron chi connectivity index (χ3n) is 5.02. The molecule has 1 fully saturated rings. The van der Waals surface area contributed by atoms with E-state index in [-0.39, 0.29) is 18.2 Å². The summed E-state index contributed by atoms with van der Waals surface area (Å²) in [7, 11) is 1.32. The lowest BCUT2D eigenvalue weighted by molar-refractivity contribution is -0.126. The number of esters is 1. The van der Waals surface area contributed by atoms with Crippen LogP contribution < -0.4 is 10.3 Å². The Morgan fingerprint density at radius 2 is 1.86 bits per heavy atom. The Labute approximate surface area is 169 Å². The average molecular weight is 393 g/mol. The number of anilines is 1. The van der Waals surface area contributed by atoms with E-state index in [2.05, 4.69) is 15.3 Å². The highest BCUT2D eigenvalue weighted by Gasteiger charge is 2.35. The van der Waals surface area contributed by atoms with Crippen LogP contribution in [0.5, 0.6) is 0 Å². The Balaban J connectivity index is 1.58. The predicted molar refractivity (Wildman–Crippen MR) is 110 cm³/mol. The maximum atomic E-state index is 12.4. The molecule has 0 aliphatic carbocycles. The number of carbonyl (C=O) groups excluding carboxylic acids is 3. The second-order valence-corrected chi connectivity index (χ2v) is 7.02. The van der Waals surface area contributed by atoms with Gasteiger partial charge in [-0.3, -0.25) is 9.59 Å². The van der Waals surface area contributed by atoms with Crippen LogP contribution in [0.25, 0.3) is 0 Å². The van der Waals surface area contributed by atoms with Crippen molar-refractivity contribution in [1.82, 2.24) is 5.43 Å². The second kappa shape index (κ2) is 8.68. The first kappa shape index (κ1) is 20.3. The average Bonchev–Trinajstić information content (AvgIpc) is 3.11. The lowest BCUT2D eigenvalue weighted by Gasteiger charge is -2.17. The maximum absolute atomic E-state index is 12.4. The zero-order chi connectivity index (χ0) is 21.0. The number of aryl methyl sites for hydroxylation is 2. The Bertz CT molecular complexity index is 967. The number of nitrogens with zero attached hydrogens (tertiary/aromatic N) is 2. The van der Waals surface area contributed by atoms with Crippen LogP contribution in [0.1, 0.15) is 33.5 Å². The van der Waals surface area contributed by atoms with Gasteiger partial charge in [-0.2, -0.15) is 5.10 Å². The van der Waals surface area contributed by atoms with Gasteiger partial charge in [-0.1, -0.05) is 18.2 Å². The van der Waals surface area contributed by atoms with Crippen LogP contribution in [-0.2, 0) is 14.3 Å². The fourth-order valence-electron chi connectivity index (χ4n) is 3.11. The van der Waals surface area contributed by atoms with E-state index in [0.29, 0.717) is 12.1 Å². The van der Waals surface area contributed by atoms with Gasteiger partial charge in [0.05, 0.1) is 24.8 Å². The summed E-state index contributed by atoms with van der Waals surface area (Å²) in [6.07, 6.45) is 1.64. The first-order chi connectivity index (χ1) is 13.9. The third kappa shape index (κ3) is 4.68. The van der Waals surface area contributed by atoms with Crippen molar-refractivity contribution >= 4 is 29.7 Å². The SMILES string of the molecule is COC(=O)c1ccc(/C=N\NC(=O)[C@H]2CC(=O)N(c3ccc(C)c(C)c3)C2)cc1. The number of benzene rings is 2. The lowest BCUT2D eigenvalue weighted by atomic mass is 10.1. The standard InChI is InChI=1S/C22H23N3O4/c1-14-4-9-19(10-15(14)2)25-13-18(11-20(25)26)21(27)24-23-12-16-5-7-17(8-6-16)22(28)29-3/h4-10,12,18H,11,13H2,1-3H3,(H,24,27)/b23-12-/t18-/m0/s1. The molecule has 7 heteroatoms. The first-order valence-corrected chi connectivity index (χ1v) is 9.28. The van der Waals surface area contributed by atoms with E-state index in [1.807, 2.05) is 32.0 Å². The van der Waals surface area contributed by atoms with Crippen LogP contribution in [0, 0.1) is 19.8 Å². The molecule has 0 radical (unpaired) electrons. The van der Waals surface area contributed by atoms with E-state index in [1.165, 1.54) is 13.3 Å². The van der Waals surface area contributed by atoms with Gasteiger partial charge in [0.1, 0.15) is 0 Å². The summed E-state index contributed by atoms with van der Waals surface area (Å²) in [6.45, 7) is 4.34. The lowest BCUT2D eigenvalue weighted by Crippen LogP contribution is -2.30. The van der Waals surface area contributed by atoms with Crippen molar-refractivity contribution in [1.29, 1.82) is 0 Å².